The molecule has 2 aromatic carbocycles. The maximum Gasteiger partial charge on any atom is 0.162 e. The molecule has 0 N–H and O–H groups in total. The molecule has 0 radical (unpaired) electrons. The quantitative estimate of drug-likeness (QED) is 0.463. The lowest BCUT2D eigenvalue weighted by Crippen LogP contribution is -2.22. The summed E-state index contributed by atoms with van der Waals surface area (Å²) < 4.78 is 14.6. The zero-order valence-electron chi connectivity index (χ0n) is 17.5. The van der Waals surface area contributed by atoms with E-state index in [9.17, 15) is 0 Å². The molecule has 4 aromatic rings. The van der Waals surface area contributed by atoms with Gasteiger partial charge in [0.25, 0.3) is 0 Å². The number of thiazole rings is 1. The van der Waals surface area contributed by atoms with Crippen LogP contribution in [0.25, 0.3) is 21.5 Å². The van der Waals surface area contributed by atoms with Crippen LogP contribution in [0.4, 0.5) is 0 Å². The Kier molecular flexibility index (Phi) is 4.65. The van der Waals surface area contributed by atoms with Gasteiger partial charge in [-0.15, -0.1) is 11.3 Å². The number of hydrogen-bond donors (Lipinski definition) is 0. The molecule has 4 heterocycles. The van der Waals surface area contributed by atoms with Crippen molar-refractivity contribution >= 4 is 21.6 Å². The van der Waals surface area contributed by atoms with Crippen molar-refractivity contribution in [2.24, 2.45) is 7.05 Å². The van der Waals surface area contributed by atoms with Gasteiger partial charge in [-0.05, 0) is 49.7 Å². The minimum Gasteiger partial charge on any atom is -0.486 e. The van der Waals surface area contributed by atoms with Crippen LogP contribution in [0.2, 0.25) is 0 Å². The van der Waals surface area contributed by atoms with Crippen molar-refractivity contribution in [3.8, 4) is 22.8 Å². The first-order valence-corrected chi connectivity index (χ1v) is 11.6. The summed E-state index contributed by atoms with van der Waals surface area (Å²) in [7, 11) is 1.99. The molecule has 0 bridgehead atoms. The molecule has 1 atom stereocenters. The summed E-state index contributed by atoms with van der Waals surface area (Å²) in [5, 5.41) is 6.01. The number of ether oxygens (including phenoxy) is 2. The fourth-order valence-electron chi connectivity index (χ4n) is 4.63. The van der Waals surface area contributed by atoms with Gasteiger partial charge in [-0.25, -0.2) is 4.98 Å². The van der Waals surface area contributed by atoms with E-state index >= 15 is 0 Å². The van der Waals surface area contributed by atoms with Crippen molar-refractivity contribution in [3.05, 3.63) is 59.2 Å². The normalized spacial score (nSPS) is 18.7. The van der Waals surface area contributed by atoms with Crippen molar-refractivity contribution in [2.45, 2.75) is 25.4 Å². The molecule has 0 aliphatic carbocycles. The topological polar surface area (TPSA) is 52.4 Å². The minimum absolute atomic E-state index is 0.366. The van der Waals surface area contributed by atoms with Gasteiger partial charge in [-0.3, -0.25) is 9.58 Å². The van der Waals surface area contributed by atoms with Crippen LogP contribution in [-0.4, -0.2) is 39.4 Å². The maximum atomic E-state index is 5.79. The van der Waals surface area contributed by atoms with Crippen molar-refractivity contribution in [1.82, 2.24) is 19.7 Å². The number of likely N-dealkylation sites (tertiary alicyclic amines) is 1. The third-order valence-electron chi connectivity index (χ3n) is 6.05. The molecule has 2 aromatic heterocycles. The minimum atomic E-state index is 0.366. The summed E-state index contributed by atoms with van der Waals surface area (Å²) in [5.74, 6) is 1.61. The molecule has 1 fully saturated rings. The molecule has 2 aliphatic rings. The molecule has 31 heavy (non-hydrogen) atoms. The Hall–Kier alpha value is -2.90. The van der Waals surface area contributed by atoms with Crippen molar-refractivity contribution in [3.63, 3.8) is 0 Å². The molecule has 1 saturated heterocycles. The summed E-state index contributed by atoms with van der Waals surface area (Å²) in [4.78, 5) is 7.50. The van der Waals surface area contributed by atoms with Gasteiger partial charge in [0.15, 0.2) is 11.5 Å². The Bertz CT molecular complexity index is 1210. The van der Waals surface area contributed by atoms with Gasteiger partial charge >= 0.3 is 0 Å². The first-order valence-electron chi connectivity index (χ1n) is 10.8. The van der Waals surface area contributed by atoms with E-state index in [-0.39, 0.29) is 0 Å². The van der Waals surface area contributed by atoms with Crippen LogP contribution in [0.5, 0.6) is 11.5 Å². The van der Waals surface area contributed by atoms with Crippen LogP contribution in [0, 0.1) is 0 Å². The summed E-state index contributed by atoms with van der Waals surface area (Å²) in [5.41, 5.74) is 4.41. The van der Waals surface area contributed by atoms with E-state index in [0.29, 0.717) is 19.3 Å². The van der Waals surface area contributed by atoms with Crippen LogP contribution >= 0.6 is 11.3 Å². The first kappa shape index (κ1) is 18.8. The number of aryl methyl sites for hydroxylation is 1. The van der Waals surface area contributed by atoms with Gasteiger partial charge in [0.1, 0.15) is 18.2 Å². The van der Waals surface area contributed by atoms with E-state index in [1.165, 1.54) is 21.7 Å². The largest absolute Gasteiger partial charge is 0.486 e. The summed E-state index contributed by atoms with van der Waals surface area (Å²) in [6, 6.07) is 14.9. The second-order valence-electron chi connectivity index (χ2n) is 8.18. The molecule has 158 valence electrons. The Balaban J connectivity index is 1.30. The van der Waals surface area contributed by atoms with Crippen molar-refractivity contribution in [1.29, 1.82) is 0 Å². The molecule has 0 saturated carbocycles. The predicted octanol–water partition coefficient (Wildman–Crippen LogP) is 4.81. The zero-order valence-corrected chi connectivity index (χ0v) is 18.3. The fraction of sp³-hybridized carbons (Fsp3) is 0.333. The predicted molar refractivity (Wildman–Crippen MR) is 122 cm³/mol. The number of benzene rings is 2. The number of hydrogen-bond acceptors (Lipinski definition) is 6. The molecule has 2 aliphatic heterocycles. The molecule has 0 spiro atoms. The zero-order chi connectivity index (χ0) is 20.8. The van der Waals surface area contributed by atoms with Crippen LogP contribution in [0.3, 0.4) is 0 Å². The molecule has 7 heteroatoms. The van der Waals surface area contributed by atoms with Crippen molar-refractivity contribution < 1.29 is 9.47 Å². The lowest BCUT2D eigenvalue weighted by Gasteiger charge is -2.23. The van der Waals surface area contributed by atoms with E-state index in [2.05, 4.69) is 47.5 Å². The molecule has 1 unspecified atom stereocenters. The standard InChI is InChI=1S/C24H24N4O2S/c1-27-14-17(23(26-27)16-8-9-20-21(13-16)30-12-11-29-20)15-28-10-4-6-19(28)24-25-18-5-2-3-7-22(18)31-24/h2-3,5,7-9,13-14,19H,4,6,10-12,15H2,1H3. The Labute approximate surface area is 185 Å². The van der Waals surface area contributed by atoms with Gasteiger partial charge in [0.2, 0.25) is 0 Å². The van der Waals surface area contributed by atoms with Gasteiger partial charge in [-0.1, -0.05) is 12.1 Å². The van der Waals surface area contributed by atoms with E-state index in [1.807, 2.05) is 29.1 Å². The third-order valence-corrected chi connectivity index (χ3v) is 7.19. The van der Waals surface area contributed by atoms with Gasteiger partial charge in [-0.2, -0.15) is 5.10 Å². The highest BCUT2D eigenvalue weighted by Crippen LogP contribution is 2.39. The van der Waals surface area contributed by atoms with Crippen LogP contribution in [-0.2, 0) is 13.6 Å². The molecule has 0 amide bonds. The van der Waals surface area contributed by atoms with Gasteiger partial charge < -0.3 is 9.47 Å². The second kappa shape index (κ2) is 7.66. The summed E-state index contributed by atoms with van der Waals surface area (Å²) >= 11 is 1.83. The number of nitrogens with zero attached hydrogens (tertiary/aromatic N) is 4. The van der Waals surface area contributed by atoms with Crippen molar-refractivity contribution in [2.75, 3.05) is 19.8 Å². The lowest BCUT2D eigenvalue weighted by molar-refractivity contribution is 0.171. The average molecular weight is 433 g/mol. The average Bonchev–Trinajstić information content (AvgIpc) is 3.51. The SMILES string of the molecule is Cn1cc(CN2CCCC2c2nc3ccccc3s2)c(-c2ccc3c(c2)OCCO3)n1. The highest BCUT2D eigenvalue weighted by Gasteiger charge is 2.30. The third kappa shape index (κ3) is 3.47. The highest BCUT2D eigenvalue weighted by atomic mass is 32.1. The molecule has 6 rings (SSSR count). The van der Waals surface area contributed by atoms with E-state index in [0.717, 1.165) is 47.8 Å². The highest BCUT2D eigenvalue weighted by molar-refractivity contribution is 7.18. The maximum absolute atomic E-state index is 5.79. The lowest BCUT2D eigenvalue weighted by atomic mass is 10.1. The van der Waals surface area contributed by atoms with Crippen LogP contribution in [0.15, 0.2) is 48.7 Å². The molecular formula is C24H24N4O2S. The summed E-state index contributed by atoms with van der Waals surface area (Å²) in [6.07, 6.45) is 4.49. The van der Waals surface area contributed by atoms with Crippen LogP contribution in [0.1, 0.15) is 29.5 Å². The Morgan fingerprint density at radius 2 is 1.97 bits per heavy atom. The number of rotatable bonds is 4. The van der Waals surface area contributed by atoms with Gasteiger partial charge in [0.05, 0.1) is 22.0 Å². The summed E-state index contributed by atoms with van der Waals surface area (Å²) in [6.45, 7) is 3.13. The first-order chi connectivity index (χ1) is 15.2. The van der Waals surface area contributed by atoms with E-state index in [1.54, 1.807) is 0 Å². The Morgan fingerprint density at radius 3 is 2.87 bits per heavy atom. The molecular weight excluding hydrogens is 408 g/mol. The monoisotopic (exact) mass is 432 g/mol. The number of aromatic nitrogens is 3. The van der Waals surface area contributed by atoms with E-state index in [4.69, 9.17) is 19.6 Å². The number of fused-ring (bicyclic) bond motifs is 2. The fourth-order valence-corrected chi connectivity index (χ4v) is 5.77. The number of para-hydroxylation sites is 1. The molecule has 6 nitrogen and oxygen atoms in total. The smallest absolute Gasteiger partial charge is 0.162 e. The van der Waals surface area contributed by atoms with E-state index < -0.39 is 0 Å². The second-order valence-corrected chi connectivity index (χ2v) is 9.25. The van der Waals surface area contributed by atoms with Crippen LogP contribution < -0.4 is 9.47 Å². The van der Waals surface area contributed by atoms with Gasteiger partial charge in [0, 0.05) is 30.9 Å². The Morgan fingerprint density at radius 1 is 1.10 bits per heavy atom.